The van der Waals surface area contributed by atoms with E-state index in [9.17, 15) is 0 Å². The van der Waals surface area contributed by atoms with Gasteiger partial charge in [0.25, 0.3) is 0 Å². The Bertz CT molecular complexity index is 881. The average Bonchev–Trinajstić information content (AvgIpc) is 3.23. The number of benzene rings is 2. The highest BCUT2D eigenvalue weighted by molar-refractivity contribution is 5.63. The largest absolute Gasteiger partial charge is 0.354 e. The molecular formula is C21H21N3O. The van der Waals surface area contributed by atoms with E-state index in [0.29, 0.717) is 0 Å². The van der Waals surface area contributed by atoms with E-state index in [1.54, 1.807) is 0 Å². The monoisotopic (exact) mass is 331 g/mol. The van der Waals surface area contributed by atoms with Gasteiger partial charge in [-0.15, -0.1) is 0 Å². The zero-order valence-corrected chi connectivity index (χ0v) is 14.5. The van der Waals surface area contributed by atoms with Crippen molar-refractivity contribution in [3.05, 3.63) is 83.8 Å². The second kappa shape index (κ2) is 6.48. The summed E-state index contributed by atoms with van der Waals surface area (Å²) < 4.78 is 5.44. The van der Waals surface area contributed by atoms with Crippen LogP contribution in [0.15, 0.2) is 71.5 Å². The van der Waals surface area contributed by atoms with Crippen LogP contribution in [0.3, 0.4) is 0 Å². The van der Waals surface area contributed by atoms with E-state index in [1.807, 2.05) is 26.1 Å². The lowest BCUT2D eigenvalue weighted by Crippen LogP contribution is -2.24. The van der Waals surface area contributed by atoms with Crippen LogP contribution >= 0.6 is 0 Å². The molecule has 1 aliphatic heterocycles. The molecule has 4 rings (SSSR count). The van der Waals surface area contributed by atoms with E-state index in [0.717, 1.165) is 30.4 Å². The highest BCUT2D eigenvalue weighted by Gasteiger charge is 2.20. The Kier molecular flexibility index (Phi) is 4.02. The highest BCUT2D eigenvalue weighted by atomic mass is 16.5. The molecule has 0 unspecified atom stereocenters. The molecule has 25 heavy (non-hydrogen) atoms. The molecule has 0 amide bonds. The first-order valence-electron chi connectivity index (χ1n) is 8.47. The zero-order valence-electron chi connectivity index (χ0n) is 14.5. The van der Waals surface area contributed by atoms with Crippen LogP contribution in [0.2, 0.25) is 0 Å². The van der Waals surface area contributed by atoms with Crippen LogP contribution < -0.4 is 4.90 Å². The third kappa shape index (κ3) is 3.15. The van der Waals surface area contributed by atoms with Gasteiger partial charge in [-0.25, -0.2) is 0 Å². The van der Waals surface area contributed by atoms with E-state index < -0.39 is 0 Å². The Morgan fingerprint density at radius 1 is 0.920 bits per heavy atom. The number of hydrogen-bond acceptors (Lipinski definition) is 4. The van der Waals surface area contributed by atoms with Gasteiger partial charge in [0.2, 0.25) is 5.88 Å². The number of nitrogens with zero attached hydrogens (tertiary/aromatic N) is 3. The molecule has 0 fully saturated rings. The predicted octanol–water partition coefficient (Wildman–Crippen LogP) is 4.71. The van der Waals surface area contributed by atoms with Gasteiger partial charge in [-0.05, 0) is 30.5 Å². The fourth-order valence-corrected chi connectivity index (χ4v) is 3.04. The zero-order chi connectivity index (χ0) is 17.2. The molecule has 1 aliphatic rings. The van der Waals surface area contributed by atoms with Gasteiger partial charge in [0.1, 0.15) is 0 Å². The molecule has 2 aromatic carbocycles. The minimum Gasteiger partial charge on any atom is -0.354 e. The summed E-state index contributed by atoms with van der Waals surface area (Å²) in [6, 6.07) is 19.2. The maximum absolute atomic E-state index is 5.44. The van der Waals surface area contributed by atoms with Crippen LogP contribution in [0.4, 0.5) is 5.88 Å². The lowest BCUT2D eigenvalue weighted by atomic mass is 10.0. The van der Waals surface area contributed by atoms with Crippen molar-refractivity contribution in [1.82, 2.24) is 10.1 Å². The van der Waals surface area contributed by atoms with Crippen LogP contribution in [0.5, 0.6) is 0 Å². The summed E-state index contributed by atoms with van der Waals surface area (Å²) in [6.07, 6.45) is 4.15. The molecule has 0 bridgehead atoms. The van der Waals surface area contributed by atoms with Crippen molar-refractivity contribution in [3.8, 4) is 11.1 Å². The SMILES string of the molecule is Cc1noc(N2C=CN(Cc3ccc(-c4ccccc4)cc3)C2)c1C. The van der Waals surface area contributed by atoms with Crippen molar-refractivity contribution < 1.29 is 4.52 Å². The van der Waals surface area contributed by atoms with Crippen LogP contribution in [-0.4, -0.2) is 16.7 Å². The Hall–Kier alpha value is -3.01. The van der Waals surface area contributed by atoms with Gasteiger partial charge in [-0.3, -0.25) is 4.90 Å². The summed E-state index contributed by atoms with van der Waals surface area (Å²) in [5.74, 6) is 0.829. The van der Waals surface area contributed by atoms with Gasteiger partial charge in [0.05, 0.1) is 12.4 Å². The number of aryl methyl sites for hydroxylation is 1. The number of anilines is 1. The van der Waals surface area contributed by atoms with Crippen LogP contribution in [0.1, 0.15) is 16.8 Å². The Morgan fingerprint density at radius 3 is 2.32 bits per heavy atom. The first kappa shape index (κ1) is 15.5. The smallest absolute Gasteiger partial charge is 0.235 e. The molecule has 4 heteroatoms. The fourth-order valence-electron chi connectivity index (χ4n) is 3.04. The second-order valence-electron chi connectivity index (χ2n) is 6.42. The topological polar surface area (TPSA) is 32.5 Å². The lowest BCUT2D eigenvalue weighted by Gasteiger charge is -2.19. The maximum atomic E-state index is 5.44. The van der Waals surface area contributed by atoms with Crippen molar-refractivity contribution in [1.29, 1.82) is 0 Å². The van der Waals surface area contributed by atoms with Crippen molar-refractivity contribution in [2.24, 2.45) is 0 Å². The minimum atomic E-state index is 0.774. The Balaban J connectivity index is 1.42. The first-order chi connectivity index (χ1) is 12.2. The first-order valence-corrected chi connectivity index (χ1v) is 8.47. The summed E-state index contributed by atoms with van der Waals surface area (Å²) in [5, 5.41) is 4.04. The summed E-state index contributed by atoms with van der Waals surface area (Å²) in [4.78, 5) is 4.35. The van der Waals surface area contributed by atoms with Crippen molar-refractivity contribution in [2.75, 3.05) is 11.6 Å². The normalized spacial score (nSPS) is 13.7. The third-order valence-corrected chi connectivity index (χ3v) is 4.63. The van der Waals surface area contributed by atoms with E-state index in [4.69, 9.17) is 4.52 Å². The van der Waals surface area contributed by atoms with Gasteiger partial charge >= 0.3 is 0 Å². The summed E-state index contributed by atoms with van der Waals surface area (Å²) in [6.45, 7) is 5.65. The molecule has 0 radical (unpaired) electrons. The minimum absolute atomic E-state index is 0.774. The highest BCUT2D eigenvalue weighted by Crippen LogP contribution is 2.26. The summed E-state index contributed by atoms with van der Waals surface area (Å²) in [7, 11) is 0. The predicted molar refractivity (Wildman–Crippen MR) is 99.9 cm³/mol. The molecule has 0 spiro atoms. The van der Waals surface area contributed by atoms with Gasteiger partial charge in [-0.1, -0.05) is 59.8 Å². The molecule has 0 saturated heterocycles. The van der Waals surface area contributed by atoms with Crippen LogP contribution in [-0.2, 0) is 6.54 Å². The molecule has 0 aliphatic carbocycles. The van der Waals surface area contributed by atoms with Crippen molar-refractivity contribution in [3.63, 3.8) is 0 Å². The molecule has 3 aromatic rings. The maximum Gasteiger partial charge on any atom is 0.235 e. The van der Waals surface area contributed by atoms with E-state index >= 15 is 0 Å². The molecule has 2 heterocycles. The molecule has 0 N–H and O–H groups in total. The molecule has 126 valence electrons. The average molecular weight is 331 g/mol. The number of aromatic nitrogens is 1. The van der Waals surface area contributed by atoms with Crippen LogP contribution in [0, 0.1) is 13.8 Å². The molecule has 0 saturated carbocycles. The van der Waals surface area contributed by atoms with Gasteiger partial charge in [-0.2, -0.15) is 0 Å². The van der Waals surface area contributed by atoms with E-state index in [-0.39, 0.29) is 0 Å². The number of hydrogen-bond donors (Lipinski definition) is 0. The molecule has 4 nitrogen and oxygen atoms in total. The Labute approximate surface area is 148 Å². The summed E-state index contributed by atoms with van der Waals surface area (Å²) in [5.41, 5.74) is 5.82. The van der Waals surface area contributed by atoms with Gasteiger partial charge in [0.15, 0.2) is 0 Å². The number of rotatable bonds is 4. The molecule has 1 aromatic heterocycles. The van der Waals surface area contributed by atoms with Crippen LogP contribution in [0.25, 0.3) is 11.1 Å². The van der Waals surface area contributed by atoms with Crippen molar-refractivity contribution in [2.45, 2.75) is 20.4 Å². The Morgan fingerprint density at radius 2 is 1.64 bits per heavy atom. The van der Waals surface area contributed by atoms with Gasteiger partial charge < -0.3 is 9.42 Å². The van der Waals surface area contributed by atoms with E-state index in [2.05, 4.69) is 69.7 Å². The van der Waals surface area contributed by atoms with Crippen molar-refractivity contribution >= 4 is 5.88 Å². The summed E-state index contributed by atoms with van der Waals surface area (Å²) >= 11 is 0. The molecule has 0 atom stereocenters. The van der Waals surface area contributed by atoms with Gasteiger partial charge in [0, 0.05) is 24.5 Å². The quantitative estimate of drug-likeness (QED) is 0.693. The fraction of sp³-hybridized carbons (Fsp3) is 0.190. The second-order valence-corrected chi connectivity index (χ2v) is 6.42. The molecular weight excluding hydrogens is 310 g/mol. The lowest BCUT2D eigenvalue weighted by molar-refractivity contribution is 0.375. The van der Waals surface area contributed by atoms with E-state index in [1.165, 1.54) is 16.7 Å². The standard InChI is InChI=1S/C21H21N3O/c1-16-17(2)22-25-21(16)24-13-12-23(15-24)14-18-8-10-20(11-9-18)19-6-4-3-5-7-19/h3-13H,14-15H2,1-2H3. The third-order valence-electron chi connectivity index (χ3n) is 4.63.